The Morgan fingerprint density at radius 3 is 1.25 bits per heavy atom. The number of carbonyl (C=O) groups excluding carboxylic acids is 3. The van der Waals surface area contributed by atoms with Crippen LogP contribution in [-0.4, -0.2) is 194 Å². The second-order valence-electron chi connectivity index (χ2n) is 33.0. The number of hydrogen-bond donors (Lipinski definition) is 2. The maximum atomic E-state index is 16.0. The molecule has 0 saturated carbocycles. The molecule has 672 valence electrons. The molecule has 12 aromatic rings. The van der Waals surface area contributed by atoms with Crippen molar-refractivity contribution in [2.24, 2.45) is 0 Å². The lowest BCUT2D eigenvalue weighted by Gasteiger charge is -2.45. The molecule has 0 spiro atoms. The monoisotopic (exact) mass is 1800 g/mol. The van der Waals surface area contributed by atoms with Crippen LogP contribution in [0.2, 0.25) is 0 Å². The van der Waals surface area contributed by atoms with Crippen LogP contribution < -0.4 is 37.5 Å². The van der Waals surface area contributed by atoms with Crippen LogP contribution in [0.5, 0.6) is 5.75 Å². The predicted octanol–water partition coefficient (Wildman–Crippen LogP) is 14.1. The normalized spacial score (nSPS) is 16.1. The molecule has 3 aliphatic rings. The minimum Gasteiger partial charge on any atom is -0.507 e. The maximum Gasteiger partial charge on any atom is 0.355 e. The van der Waals surface area contributed by atoms with E-state index in [4.69, 9.17) is 5.73 Å². The highest BCUT2D eigenvalue weighted by Gasteiger charge is 2.38. The van der Waals surface area contributed by atoms with Gasteiger partial charge < -0.3 is 40.2 Å². The number of phenolic OH excluding ortho intramolecular Hbond substituents is 1. The first-order valence-corrected chi connectivity index (χ1v) is 44.7. The Morgan fingerprint density at radius 2 is 0.868 bits per heavy atom. The summed E-state index contributed by atoms with van der Waals surface area (Å²) < 4.78 is 121. The van der Waals surface area contributed by atoms with Crippen LogP contribution in [0, 0.1) is 55.7 Å². The van der Waals surface area contributed by atoms with Crippen molar-refractivity contribution in [2.75, 3.05) is 85.3 Å². The van der Waals surface area contributed by atoms with E-state index >= 15 is 22.0 Å². The van der Waals surface area contributed by atoms with Gasteiger partial charge in [0.05, 0.1) is 66.3 Å². The summed E-state index contributed by atoms with van der Waals surface area (Å²) in [4.78, 5) is 130. The Labute approximate surface area is 744 Å². The molecular formula is C93H97F6N19O9S2. The molecule has 3 amide bonds. The third-order valence-electron chi connectivity index (χ3n) is 23.0. The summed E-state index contributed by atoms with van der Waals surface area (Å²) in [6.07, 6.45) is 11.4. The molecule has 1 unspecified atom stereocenters. The number of aromatic hydroxyl groups is 1. The first kappa shape index (κ1) is 93.1. The molecule has 0 bridgehead atoms. The van der Waals surface area contributed by atoms with Gasteiger partial charge in [-0.2, -0.15) is 15.0 Å². The van der Waals surface area contributed by atoms with Crippen molar-refractivity contribution in [3.63, 3.8) is 0 Å². The van der Waals surface area contributed by atoms with Crippen molar-refractivity contribution < 1.29 is 54.3 Å². The molecule has 28 nitrogen and oxygen atoms in total. The number of hydrogen-bond acceptors (Lipinski definition) is 23. The minimum atomic E-state index is -3.72. The van der Waals surface area contributed by atoms with Gasteiger partial charge in [0.2, 0.25) is 17.7 Å². The van der Waals surface area contributed by atoms with E-state index in [0.717, 1.165) is 36.1 Å². The number of anilines is 4. The van der Waals surface area contributed by atoms with Gasteiger partial charge in [0.25, 0.3) is 0 Å². The number of carbonyl (C=O) groups is 3. The van der Waals surface area contributed by atoms with Gasteiger partial charge in [-0.25, -0.2) is 77.8 Å². The number of sulfone groups is 1. The Balaban J connectivity index is 0.000000165. The lowest BCUT2D eigenvalue weighted by Crippen LogP contribution is -2.58. The Bertz CT molecular complexity index is 6840. The summed E-state index contributed by atoms with van der Waals surface area (Å²) in [5.41, 5.74) is 7.68. The molecule has 3 fully saturated rings. The van der Waals surface area contributed by atoms with Gasteiger partial charge in [-0.05, 0) is 186 Å². The molecule has 3 aromatic carbocycles. The van der Waals surface area contributed by atoms with E-state index in [-0.39, 0.29) is 138 Å². The number of pyridine rings is 6. The number of benzene rings is 3. The Morgan fingerprint density at radius 1 is 0.481 bits per heavy atom. The molecule has 15 rings (SSSR count). The third-order valence-corrected chi connectivity index (χ3v) is 24.8. The van der Waals surface area contributed by atoms with Gasteiger partial charge in [-0.3, -0.25) is 29.3 Å². The van der Waals surface area contributed by atoms with Gasteiger partial charge >= 0.3 is 17.1 Å². The van der Waals surface area contributed by atoms with E-state index in [1.165, 1.54) is 80.1 Å². The van der Waals surface area contributed by atoms with Crippen molar-refractivity contribution in [1.82, 2.24) is 73.3 Å². The molecule has 36 heteroatoms. The van der Waals surface area contributed by atoms with Gasteiger partial charge in [0, 0.05) is 118 Å². The zero-order valence-electron chi connectivity index (χ0n) is 73.8. The summed E-state index contributed by atoms with van der Waals surface area (Å²) in [7, 11) is -3.72. The maximum absolute atomic E-state index is 16.0. The fourth-order valence-corrected chi connectivity index (χ4v) is 17.9. The smallest absolute Gasteiger partial charge is 0.355 e. The second kappa shape index (κ2) is 37.4. The largest absolute Gasteiger partial charge is 0.507 e. The van der Waals surface area contributed by atoms with Crippen LogP contribution >= 0.6 is 11.8 Å². The first-order valence-electron chi connectivity index (χ1n) is 41.6. The van der Waals surface area contributed by atoms with E-state index in [2.05, 4.69) is 64.6 Å². The summed E-state index contributed by atoms with van der Waals surface area (Å²) in [5, 5.41) is 11.2. The van der Waals surface area contributed by atoms with Crippen LogP contribution in [0.1, 0.15) is 121 Å². The average molecular weight is 1800 g/mol. The lowest BCUT2D eigenvalue weighted by atomic mass is 10.0. The number of nitrogen functional groups attached to an aromatic ring is 1. The van der Waals surface area contributed by atoms with Gasteiger partial charge in [0.15, 0.2) is 38.4 Å². The van der Waals surface area contributed by atoms with E-state index in [9.17, 15) is 46.7 Å². The topological polar surface area (TPSA) is 333 Å². The quantitative estimate of drug-likeness (QED) is 0.0370. The van der Waals surface area contributed by atoms with E-state index in [1.807, 2.05) is 97.8 Å². The fraction of sp³-hybridized carbons (Fsp3) is 0.323. The van der Waals surface area contributed by atoms with Crippen molar-refractivity contribution in [1.29, 1.82) is 0 Å². The second-order valence-corrected chi connectivity index (χ2v) is 35.9. The highest BCUT2D eigenvalue weighted by molar-refractivity contribution is 7.98. The SMILES string of the molecule is C=CC(=O)N1CC(C)N(c2nc(=O)n(-c3c(C)ccnc3C(C)C)c3nc(-c4c(O)cccc4F)c(F)cc23)[C@@H](C)C1.C=CC(=O)N1CCN(c2nc(=O)n(-c3c(C)ccnc3C(C)C)c3nc(-c4c(N)cc(SC)cc4F)c(F)cc23)[C@@H](C)C1.C=CC(=O)N1CCN(c2nc(=O)n(-c3c(C)ccnc3C(C)C)c3nc(-c4ccc(S(C)(=O)=O)cc4F)c(F)cc23)[C@@H](C)C1. The molecule has 0 radical (unpaired) electrons. The number of amides is 3. The number of piperazine rings is 3. The Hall–Kier alpha value is -13.5. The molecule has 3 N–H and O–H groups in total. The molecule has 9 aromatic heterocycles. The zero-order chi connectivity index (χ0) is 93.7. The number of nitrogens with two attached hydrogens (primary N) is 1. The highest BCUT2D eigenvalue weighted by atomic mass is 32.2. The number of halogens is 6. The van der Waals surface area contributed by atoms with Gasteiger partial charge in [-0.15, -0.1) is 11.8 Å². The van der Waals surface area contributed by atoms with Crippen LogP contribution in [0.15, 0.2) is 166 Å². The number of aromatic nitrogens is 12. The molecular weight excluding hydrogens is 1710 g/mol. The fourth-order valence-electron chi connectivity index (χ4n) is 16.8. The molecule has 3 aliphatic heterocycles. The van der Waals surface area contributed by atoms with Crippen LogP contribution in [0.4, 0.5) is 49.5 Å². The van der Waals surface area contributed by atoms with E-state index < -0.39 is 84.5 Å². The summed E-state index contributed by atoms with van der Waals surface area (Å²) >= 11 is 1.31. The molecule has 129 heavy (non-hydrogen) atoms. The van der Waals surface area contributed by atoms with Crippen LogP contribution in [0.3, 0.4) is 0 Å². The van der Waals surface area contributed by atoms with Crippen molar-refractivity contribution in [2.45, 2.75) is 142 Å². The number of fused-ring (bicyclic) bond motifs is 3. The van der Waals surface area contributed by atoms with Crippen molar-refractivity contribution in [3.05, 3.63) is 242 Å². The average Bonchev–Trinajstić information content (AvgIpc) is 0.740. The summed E-state index contributed by atoms with van der Waals surface area (Å²) in [6, 6.07) is 17.3. The van der Waals surface area contributed by atoms with Crippen LogP contribution in [0.25, 0.3) is 83.9 Å². The molecule has 4 atom stereocenters. The molecule has 12 heterocycles. The van der Waals surface area contributed by atoms with E-state index in [1.54, 1.807) is 70.7 Å². The number of thioether (sulfide) groups is 1. The Kier molecular flexibility index (Phi) is 27.0. The van der Waals surface area contributed by atoms with Crippen molar-refractivity contribution in [3.8, 4) is 56.6 Å². The first-order chi connectivity index (χ1) is 61.1. The minimum absolute atomic E-state index is 0.0235. The van der Waals surface area contributed by atoms with Gasteiger partial charge in [0.1, 0.15) is 63.6 Å². The van der Waals surface area contributed by atoms with Crippen molar-refractivity contribution >= 4 is 95.6 Å². The van der Waals surface area contributed by atoms with Crippen LogP contribution in [-0.2, 0) is 24.2 Å². The number of nitrogens with zero attached hydrogens (tertiary/aromatic N) is 18. The number of rotatable bonds is 17. The summed E-state index contributed by atoms with van der Waals surface area (Å²) in [6.45, 7) is 38.0. The standard InChI is InChI=1S/C31H33F2N7O2S.C31H32F2N6O4S.C31H32F2N6O3/c1-7-24(41)38-10-11-39(18(5)15-38)29-20-14-22(33)27(25-21(32)12-19(43-6)13-23(25)34)36-30(20)40(31(42)37-29)28-17(4)8-9-35-26(28)16(2)3;1-7-25(40)37-12-13-38(19(5)16-37)29-22-15-24(33)27(21-9-8-20(14-23(21)32)44(6,42)43)35-30(22)39(31(41)36-29)28-18(4)10-11-34-26(28)17(2)3;1-7-24(41)37-14-18(5)38(19(6)15-37)30-20-13-22(33)27(25-21(32)9-8-10-23(25)40)35-29(20)39(31(42)36-30)28-17(4)11-12-34-26(28)16(2)3/h7-9,12-14,16,18H,1,10-11,15,34H2,2-6H3;7-11,14-15,17,19H,1,12-13,16H2,2-6H3;7-13,16,18-19,40H,1,14-15H2,2-6H3/t18-;19-;18-,19?/m000/s1. The lowest BCUT2D eigenvalue weighted by molar-refractivity contribution is -0.127. The van der Waals surface area contributed by atoms with Gasteiger partial charge in [-0.1, -0.05) is 67.3 Å². The number of aryl methyl sites for hydroxylation is 3. The van der Waals surface area contributed by atoms with E-state index in [0.29, 0.717) is 103 Å². The molecule has 3 saturated heterocycles. The predicted molar refractivity (Wildman–Crippen MR) is 488 cm³/mol. The number of phenols is 1. The molecule has 0 aliphatic carbocycles. The highest BCUT2D eigenvalue weighted by Crippen LogP contribution is 2.42. The summed E-state index contributed by atoms with van der Waals surface area (Å²) in [5.74, 6) is -5.98. The third kappa shape index (κ3) is 18.0. The zero-order valence-corrected chi connectivity index (χ0v) is 75.4.